The Morgan fingerprint density at radius 3 is 2.06 bits per heavy atom. The lowest BCUT2D eigenvalue weighted by Crippen LogP contribution is -3.00. The van der Waals surface area contributed by atoms with Gasteiger partial charge in [0.25, 0.3) is 0 Å². The molecule has 1 fully saturated rings. The molecule has 0 aromatic carbocycles. The Morgan fingerprint density at radius 1 is 1.11 bits per heavy atom. The smallest absolute Gasteiger partial charge is 0.335 e. The Morgan fingerprint density at radius 2 is 1.61 bits per heavy atom. The number of morpholine rings is 1. The highest BCUT2D eigenvalue weighted by atomic mass is 35.5. The summed E-state index contributed by atoms with van der Waals surface area (Å²) in [5, 5.41) is 0. The highest BCUT2D eigenvalue weighted by Gasteiger charge is 2.32. The maximum Gasteiger partial charge on any atom is 0.335 e. The van der Waals surface area contributed by atoms with Crippen LogP contribution in [0.15, 0.2) is 6.07 Å². The third-order valence-corrected chi connectivity index (χ3v) is 3.03. The Balaban J connectivity index is 0.00000162. The van der Waals surface area contributed by atoms with Crippen LogP contribution in [-0.2, 0) is 4.74 Å². The minimum atomic E-state index is 0. The van der Waals surface area contributed by atoms with Gasteiger partial charge in [0.05, 0.1) is 40.5 Å². The molecule has 1 aromatic rings. The summed E-state index contributed by atoms with van der Waals surface area (Å²) in [6, 6.07) is 1.68. The van der Waals surface area contributed by atoms with E-state index in [4.69, 9.17) is 14.2 Å². The summed E-state index contributed by atoms with van der Waals surface area (Å²) < 4.78 is 16.3. The zero-order valence-electron chi connectivity index (χ0n) is 10.9. The molecule has 0 amide bonds. The van der Waals surface area contributed by atoms with Gasteiger partial charge >= 0.3 is 5.95 Å². The summed E-state index contributed by atoms with van der Waals surface area (Å²) in [6.07, 6.45) is 0. The summed E-state index contributed by atoms with van der Waals surface area (Å²) in [6.45, 7) is 3.16. The topological polar surface area (TPSA) is 53.5 Å². The van der Waals surface area contributed by atoms with E-state index in [0.717, 1.165) is 26.3 Å². The van der Waals surface area contributed by atoms with E-state index in [9.17, 15) is 0 Å². The fourth-order valence-electron chi connectivity index (χ4n) is 1.79. The molecule has 0 saturated carbocycles. The summed E-state index contributed by atoms with van der Waals surface area (Å²) in [7, 11) is 5.27. The van der Waals surface area contributed by atoms with Crippen LogP contribution in [0.5, 0.6) is 11.8 Å². The zero-order chi connectivity index (χ0) is 12.3. The van der Waals surface area contributed by atoms with Gasteiger partial charge in [0, 0.05) is 0 Å². The van der Waals surface area contributed by atoms with Crippen LogP contribution < -0.4 is 26.4 Å². The second-order valence-corrected chi connectivity index (χ2v) is 4.21. The Bertz CT molecular complexity index is 375. The molecular formula is C11H18ClN3O3. The first-order valence-corrected chi connectivity index (χ1v) is 5.58. The van der Waals surface area contributed by atoms with E-state index in [1.54, 1.807) is 20.3 Å². The number of aromatic nitrogens is 2. The van der Waals surface area contributed by atoms with E-state index in [2.05, 4.69) is 17.0 Å². The fraction of sp³-hybridized carbons (Fsp3) is 0.636. The second kappa shape index (κ2) is 6.17. The van der Waals surface area contributed by atoms with Gasteiger partial charge in [-0.2, -0.15) is 0 Å². The van der Waals surface area contributed by atoms with Crippen LogP contribution in [0.3, 0.4) is 0 Å². The molecule has 18 heavy (non-hydrogen) atoms. The molecule has 102 valence electrons. The van der Waals surface area contributed by atoms with Crippen molar-refractivity contribution in [3.8, 4) is 11.8 Å². The number of halogens is 1. The first-order valence-electron chi connectivity index (χ1n) is 5.58. The molecule has 0 spiro atoms. The maximum atomic E-state index is 5.37. The predicted octanol–water partition coefficient (Wildman–Crippen LogP) is -2.53. The Hall–Kier alpha value is -1.11. The summed E-state index contributed by atoms with van der Waals surface area (Å²) in [4.78, 5) is 8.80. The standard InChI is InChI=1S/C11H18N3O3.ClH/c1-14(4-6-17-7-5-14)11-12-9(15-2)8-10(13-11)16-3;/h8H,4-7H2,1-3H3;1H/q+1;/p-1. The van der Waals surface area contributed by atoms with Crippen molar-refractivity contribution >= 4 is 5.95 Å². The van der Waals surface area contributed by atoms with Crippen LogP contribution in [-0.4, -0.2) is 57.5 Å². The molecule has 0 bridgehead atoms. The van der Waals surface area contributed by atoms with Crippen molar-refractivity contribution in [2.24, 2.45) is 0 Å². The van der Waals surface area contributed by atoms with Crippen LogP contribution in [0.25, 0.3) is 0 Å². The molecule has 1 aliphatic rings. The van der Waals surface area contributed by atoms with Crippen LogP contribution in [0.4, 0.5) is 5.95 Å². The quantitative estimate of drug-likeness (QED) is 0.570. The molecule has 2 rings (SSSR count). The summed E-state index contributed by atoms with van der Waals surface area (Å²) in [5.74, 6) is 1.76. The molecule has 2 heterocycles. The third kappa shape index (κ3) is 3.01. The van der Waals surface area contributed by atoms with E-state index >= 15 is 0 Å². The van der Waals surface area contributed by atoms with Gasteiger partial charge in [0.1, 0.15) is 13.1 Å². The van der Waals surface area contributed by atoms with Gasteiger partial charge in [-0.05, 0) is 0 Å². The molecule has 0 atom stereocenters. The fourth-order valence-corrected chi connectivity index (χ4v) is 1.79. The van der Waals surface area contributed by atoms with Crippen LogP contribution >= 0.6 is 0 Å². The molecule has 7 heteroatoms. The van der Waals surface area contributed by atoms with Crippen molar-refractivity contribution in [2.75, 3.05) is 47.6 Å². The summed E-state index contributed by atoms with van der Waals surface area (Å²) in [5.41, 5.74) is 0. The van der Waals surface area contributed by atoms with E-state index in [-0.39, 0.29) is 12.4 Å². The van der Waals surface area contributed by atoms with Gasteiger partial charge in [-0.3, -0.25) is 4.48 Å². The average molecular weight is 276 g/mol. The number of methoxy groups -OCH3 is 2. The van der Waals surface area contributed by atoms with Crippen molar-refractivity contribution < 1.29 is 26.6 Å². The van der Waals surface area contributed by atoms with Crippen LogP contribution in [0, 0.1) is 0 Å². The molecule has 1 saturated heterocycles. The molecular weight excluding hydrogens is 258 g/mol. The zero-order valence-corrected chi connectivity index (χ0v) is 11.6. The van der Waals surface area contributed by atoms with Gasteiger partial charge in [-0.1, -0.05) is 0 Å². The van der Waals surface area contributed by atoms with Crippen LogP contribution in [0.2, 0.25) is 0 Å². The molecule has 6 nitrogen and oxygen atoms in total. The normalized spacial score (nSPS) is 17.7. The van der Waals surface area contributed by atoms with Gasteiger partial charge in [0.15, 0.2) is 0 Å². The van der Waals surface area contributed by atoms with Crippen molar-refractivity contribution in [3.05, 3.63) is 6.07 Å². The number of ether oxygens (including phenoxy) is 3. The highest BCUT2D eigenvalue weighted by Crippen LogP contribution is 2.24. The van der Waals surface area contributed by atoms with Crippen molar-refractivity contribution in [1.29, 1.82) is 0 Å². The van der Waals surface area contributed by atoms with E-state index in [1.165, 1.54) is 0 Å². The minimum Gasteiger partial charge on any atom is -1.00 e. The number of rotatable bonds is 3. The van der Waals surface area contributed by atoms with Crippen molar-refractivity contribution in [2.45, 2.75) is 0 Å². The maximum absolute atomic E-state index is 5.37. The SMILES string of the molecule is COc1cc(OC)nc([N+]2(C)CCOCC2)n1.[Cl-]. The van der Waals surface area contributed by atoms with Gasteiger partial charge in [-0.15, -0.1) is 9.97 Å². The number of hydrogen-bond donors (Lipinski definition) is 0. The molecule has 0 N–H and O–H groups in total. The largest absolute Gasteiger partial charge is 1.00 e. The number of nitrogens with zero attached hydrogens (tertiary/aromatic N) is 3. The lowest BCUT2D eigenvalue weighted by molar-refractivity contribution is -0.00000631. The van der Waals surface area contributed by atoms with Gasteiger partial charge in [0.2, 0.25) is 11.8 Å². The number of likely N-dealkylation sites (N-methyl/N-ethyl adjacent to an activating group) is 1. The van der Waals surface area contributed by atoms with E-state index < -0.39 is 0 Å². The molecule has 0 unspecified atom stereocenters. The number of quaternary nitrogens is 1. The third-order valence-electron chi connectivity index (χ3n) is 3.03. The first kappa shape index (κ1) is 14.9. The number of hydrogen-bond acceptors (Lipinski definition) is 5. The average Bonchev–Trinajstić information content (AvgIpc) is 2.39. The lowest BCUT2D eigenvalue weighted by Gasteiger charge is -2.34. The first-order chi connectivity index (χ1) is 8.18. The van der Waals surface area contributed by atoms with Crippen molar-refractivity contribution in [3.63, 3.8) is 0 Å². The van der Waals surface area contributed by atoms with Gasteiger partial charge in [-0.25, -0.2) is 0 Å². The Kier molecular flexibility index (Phi) is 5.13. The molecule has 0 aliphatic carbocycles. The summed E-state index contributed by atoms with van der Waals surface area (Å²) >= 11 is 0. The molecule has 1 aliphatic heterocycles. The molecule has 0 radical (unpaired) electrons. The lowest BCUT2D eigenvalue weighted by atomic mass is 10.3. The predicted molar refractivity (Wildman–Crippen MR) is 63.4 cm³/mol. The van der Waals surface area contributed by atoms with Gasteiger partial charge < -0.3 is 26.6 Å². The minimum absolute atomic E-state index is 0. The van der Waals surface area contributed by atoms with E-state index in [1.807, 2.05) is 0 Å². The monoisotopic (exact) mass is 275 g/mol. The van der Waals surface area contributed by atoms with Crippen molar-refractivity contribution in [1.82, 2.24) is 14.5 Å². The second-order valence-electron chi connectivity index (χ2n) is 4.21. The van der Waals surface area contributed by atoms with Crippen LogP contribution in [0.1, 0.15) is 0 Å². The highest BCUT2D eigenvalue weighted by molar-refractivity contribution is 5.33. The molecule has 1 aromatic heterocycles. The van der Waals surface area contributed by atoms with E-state index in [0.29, 0.717) is 22.2 Å². The Labute approximate surface area is 113 Å².